The molecule has 1 atom stereocenters. The van der Waals surface area contributed by atoms with Crippen LogP contribution in [0.2, 0.25) is 0 Å². The van der Waals surface area contributed by atoms with Crippen molar-refractivity contribution >= 4 is 38.3 Å². The Morgan fingerprint density at radius 2 is 1.88 bits per heavy atom. The Morgan fingerprint density at radius 3 is 2.58 bits per heavy atom. The number of hydrogen-bond acceptors (Lipinski definition) is 8. The van der Waals surface area contributed by atoms with Gasteiger partial charge in [0, 0.05) is 48.9 Å². The Balaban J connectivity index is 1.47. The van der Waals surface area contributed by atoms with Crippen LogP contribution in [0.4, 0.5) is 0 Å². The lowest BCUT2D eigenvalue weighted by atomic mass is 9.90. The van der Waals surface area contributed by atoms with Crippen LogP contribution in [0, 0.1) is 6.92 Å². The second kappa shape index (κ2) is 9.63. The summed E-state index contributed by atoms with van der Waals surface area (Å²) in [4.78, 5) is 24.1. The van der Waals surface area contributed by atoms with Crippen molar-refractivity contribution in [1.82, 2.24) is 18.8 Å². The highest BCUT2D eigenvalue weighted by Crippen LogP contribution is 2.40. The zero-order valence-electron chi connectivity index (χ0n) is 21.8. The summed E-state index contributed by atoms with van der Waals surface area (Å²) in [5, 5.41) is 22.5. The first-order chi connectivity index (χ1) is 19.1. The number of rotatable bonds is 6. The van der Waals surface area contributed by atoms with Crippen molar-refractivity contribution in [2.24, 2.45) is 0 Å². The molecule has 1 saturated heterocycles. The van der Waals surface area contributed by atoms with Gasteiger partial charge in [-0.1, -0.05) is 35.9 Å². The summed E-state index contributed by atoms with van der Waals surface area (Å²) < 4.78 is 28.4. The third kappa shape index (κ3) is 4.13. The van der Waals surface area contributed by atoms with Crippen LogP contribution in [-0.4, -0.2) is 57.0 Å². The Labute approximate surface area is 235 Å². The van der Waals surface area contributed by atoms with Crippen LogP contribution in [0.3, 0.4) is 0 Å². The smallest absolute Gasteiger partial charge is 0.269 e. The van der Waals surface area contributed by atoms with Crippen LogP contribution in [0.5, 0.6) is 0 Å². The number of nitrogens with zero attached hydrogens (tertiary/aromatic N) is 4. The molecule has 4 heterocycles. The van der Waals surface area contributed by atoms with Gasteiger partial charge in [0.25, 0.3) is 15.9 Å². The van der Waals surface area contributed by atoms with Crippen molar-refractivity contribution in [1.29, 1.82) is 0 Å². The van der Waals surface area contributed by atoms with Crippen molar-refractivity contribution in [3.8, 4) is 21.8 Å². The number of thiazole rings is 1. The maximum atomic E-state index is 13.6. The van der Waals surface area contributed by atoms with Gasteiger partial charge in [0.15, 0.2) is 11.2 Å². The molecule has 0 bridgehead atoms. The minimum absolute atomic E-state index is 0.143. The number of benzene rings is 2. The molecule has 1 aliphatic rings. The lowest BCUT2D eigenvalue weighted by Gasteiger charge is -2.21. The highest BCUT2D eigenvalue weighted by molar-refractivity contribution is 7.90. The Hall–Kier alpha value is -3.90. The van der Waals surface area contributed by atoms with E-state index in [4.69, 9.17) is 4.98 Å². The first-order valence-electron chi connectivity index (χ1n) is 12.6. The van der Waals surface area contributed by atoms with E-state index in [9.17, 15) is 23.4 Å². The van der Waals surface area contributed by atoms with E-state index in [0.29, 0.717) is 44.2 Å². The average Bonchev–Trinajstić information content (AvgIpc) is 3.64. The van der Waals surface area contributed by atoms with Gasteiger partial charge in [-0.05, 0) is 42.8 Å². The van der Waals surface area contributed by atoms with E-state index in [1.165, 1.54) is 32.6 Å². The molecule has 9 nitrogen and oxygen atoms in total. The van der Waals surface area contributed by atoms with Crippen LogP contribution in [0.25, 0.3) is 32.9 Å². The van der Waals surface area contributed by atoms with E-state index < -0.39 is 15.6 Å². The van der Waals surface area contributed by atoms with E-state index >= 15 is 0 Å². The third-order valence-corrected chi connectivity index (χ3v) is 10.0. The van der Waals surface area contributed by atoms with Gasteiger partial charge in [0.1, 0.15) is 5.01 Å². The van der Waals surface area contributed by atoms with E-state index in [-0.39, 0.29) is 29.5 Å². The molecule has 11 heteroatoms. The molecule has 2 N–H and O–H groups in total. The minimum atomic E-state index is -3.94. The number of amides is 1. The summed E-state index contributed by atoms with van der Waals surface area (Å²) in [6.45, 7) is 2.05. The van der Waals surface area contributed by atoms with E-state index in [0.717, 1.165) is 5.56 Å². The van der Waals surface area contributed by atoms with E-state index in [2.05, 4.69) is 4.98 Å². The second-order valence-electron chi connectivity index (χ2n) is 9.90. The number of carbonyl (C=O) groups excluding carboxylic acids is 1. The van der Waals surface area contributed by atoms with Gasteiger partial charge in [-0.15, -0.1) is 11.3 Å². The summed E-state index contributed by atoms with van der Waals surface area (Å²) in [5.41, 5.74) is 1.75. The Bertz CT molecular complexity index is 1880. The molecule has 1 aliphatic heterocycles. The van der Waals surface area contributed by atoms with Crippen LogP contribution in [0.15, 0.2) is 78.0 Å². The second-order valence-corrected chi connectivity index (χ2v) is 12.8. The number of fused-ring (bicyclic) bond motifs is 1. The normalized spacial score (nSPS) is 17.7. The summed E-state index contributed by atoms with van der Waals surface area (Å²) in [5.74, 6) is -0.360. The largest absolute Gasteiger partial charge is 0.391 e. The number of likely N-dealkylation sites (N-methyl/N-ethyl adjacent to an activating group) is 1. The lowest BCUT2D eigenvalue weighted by molar-refractivity contribution is -0.143. The van der Waals surface area contributed by atoms with E-state index in [1.54, 1.807) is 67.7 Å². The topological polar surface area (TPSA) is 126 Å². The zero-order valence-corrected chi connectivity index (χ0v) is 23.4. The molecule has 1 fully saturated rings. The van der Waals surface area contributed by atoms with Crippen molar-refractivity contribution in [3.05, 3.63) is 89.1 Å². The third-order valence-electron chi connectivity index (χ3n) is 7.30. The standard InChI is InChI=1S/C29H26N4O5S2/c1-18-8-10-21(11-9-18)40(37,38)33-16-23(22-7-4-13-30-26(22)33)27-31-25(24(17-34)39-27)19-5-3-6-20(15-19)29(36)12-14-32(2)28(29)35/h3-11,13,15-16,34,36H,12,14,17H2,1-2H3/t29-/m1/s1. The van der Waals surface area contributed by atoms with Crippen LogP contribution in [0.1, 0.15) is 22.4 Å². The maximum Gasteiger partial charge on any atom is 0.269 e. The summed E-state index contributed by atoms with van der Waals surface area (Å²) in [7, 11) is -2.29. The molecular weight excluding hydrogens is 548 g/mol. The summed E-state index contributed by atoms with van der Waals surface area (Å²) in [6, 6.07) is 17.1. The molecule has 2 aromatic carbocycles. The maximum absolute atomic E-state index is 13.6. The van der Waals surface area contributed by atoms with Crippen molar-refractivity contribution in [3.63, 3.8) is 0 Å². The van der Waals surface area contributed by atoms with Crippen molar-refractivity contribution in [2.75, 3.05) is 13.6 Å². The predicted octanol–water partition coefficient (Wildman–Crippen LogP) is 3.91. The molecule has 0 spiro atoms. The molecule has 0 unspecified atom stereocenters. The number of hydrogen-bond donors (Lipinski definition) is 2. The molecule has 0 saturated carbocycles. The van der Waals surface area contributed by atoms with Crippen LogP contribution < -0.4 is 0 Å². The van der Waals surface area contributed by atoms with E-state index in [1.807, 2.05) is 6.92 Å². The molecule has 0 radical (unpaired) electrons. The molecule has 5 aromatic rings. The number of pyridine rings is 1. The number of likely N-dealkylation sites (tertiary alicyclic amines) is 1. The zero-order chi connectivity index (χ0) is 28.2. The molecular formula is C29H26N4O5S2. The SMILES string of the molecule is Cc1ccc(S(=O)(=O)n2cc(-c3nc(-c4cccc([C@]5(O)CCN(C)C5=O)c4)c(CO)s3)c3cccnc32)cc1. The number of carbonyl (C=O) groups is 1. The molecule has 6 rings (SSSR count). The fourth-order valence-electron chi connectivity index (χ4n) is 5.05. The van der Waals surface area contributed by atoms with Gasteiger partial charge in [-0.25, -0.2) is 22.4 Å². The van der Waals surface area contributed by atoms with Crippen LogP contribution in [-0.2, 0) is 27.0 Å². The van der Waals surface area contributed by atoms with Gasteiger partial charge >= 0.3 is 0 Å². The lowest BCUT2D eigenvalue weighted by Crippen LogP contribution is -2.36. The fraction of sp³-hybridized carbons (Fsp3) is 0.207. The molecule has 40 heavy (non-hydrogen) atoms. The Morgan fingerprint density at radius 1 is 1.10 bits per heavy atom. The monoisotopic (exact) mass is 574 g/mol. The quantitative estimate of drug-likeness (QED) is 0.315. The van der Waals surface area contributed by atoms with Crippen molar-refractivity contribution in [2.45, 2.75) is 30.4 Å². The number of aromatic nitrogens is 3. The summed E-state index contributed by atoms with van der Waals surface area (Å²) >= 11 is 1.25. The first kappa shape index (κ1) is 26.3. The van der Waals surface area contributed by atoms with Gasteiger partial charge in [-0.3, -0.25) is 4.79 Å². The summed E-state index contributed by atoms with van der Waals surface area (Å²) in [6.07, 6.45) is 3.34. The van der Waals surface area contributed by atoms with Crippen molar-refractivity contribution < 1.29 is 23.4 Å². The number of aryl methyl sites for hydroxylation is 1. The van der Waals surface area contributed by atoms with Gasteiger partial charge in [0.05, 0.1) is 22.1 Å². The minimum Gasteiger partial charge on any atom is -0.391 e. The first-order valence-corrected chi connectivity index (χ1v) is 14.9. The number of aliphatic hydroxyl groups is 2. The Kier molecular flexibility index (Phi) is 6.34. The van der Waals surface area contributed by atoms with Gasteiger partial charge in [0.2, 0.25) is 0 Å². The van der Waals surface area contributed by atoms with Crippen LogP contribution >= 0.6 is 11.3 Å². The van der Waals surface area contributed by atoms with Gasteiger partial charge in [-0.2, -0.15) is 0 Å². The average molecular weight is 575 g/mol. The molecule has 3 aromatic heterocycles. The highest BCUT2D eigenvalue weighted by Gasteiger charge is 2.45. The predicted molar refractivity (Wildman–Crippen MR) is 152 cm³/mol. The fourth-order valence-corrected chi connectivity index (χ4v) is 7.35. The highest BCUT2D eigenvalue weighted by atomic mass is 32.2. The molecule has 204 valence electrons. The molecule has 1 amide bonds. The molecule has 0 aliphatic carbocycles. The number of aliphatic hydroxyl groups excluding tert-OH is 1. The van der Waals surface area contributed by atoms with Gasteiger partial charge < -0.3 is 15.1 Å².